The lowest BCUT2D eigenvalue weighted by Gasteiger charge is -2.35. The van der Waals surface area contributed by atoms with Crippen LogP contribution < -0.4 is 5.32 Å². The van der Waals surface area contributed by atoms with E-state index in [2.05, 4.69) is 57.3 Å². The topological polar surface area (TPSA) is 55.9 Å². The predicted octanol–water partition coefficient (Wildman–Crippen LogP) is 4.82. The van der Waals surface area contributed by atoms with Crippen molar-refractivity contribution in [3.05, 3.63) is 64.6 Å². The third kappa shape index (κ3) is 6.81. The monoisotopic (exact) mass is 500 g/mol. The summed E-state index contributed by atoms with van der Waals surface area (Å²) in [6, 6.07) is 17.8. The molecule has 0 bridgehead atoms. The fourth-order valence-electron chi connectivity index (χ4n) is 3.86. The lowest BCUT2D eigenvalue weighted by Crippen LogP contribution is -2.49. The molecule has 1 heterocycles. The summed E-state index contributed by atoms with van der Waals surface area (Å²) in [4.78, 5) is 31.9. The van der Waals surface area contributed by atoms with Gasteiger partial charge < -0.3 is 15.1 Å². The molecule has 3 amide bonds. The minimum atomic E-state index is -0.174. The molecule has 0 spiro atoms. The summed E-state index contributed by atoms with van der Waals surface area (Å²) in [6.45, 7) is 8.62. The summed E-state index contributed by atoms with van der Waals surface area (Å²) < 4.78 is 0.835. The molecule has 2 aromatic carbocycles. The molecule has 1 aliphatic heterocycles. The number of rotatable bonds is 8. The SMILES string of the molecule is CCC(C)N(CCC(=O)N1CCN(Cc2ccccc2)CC1)C(=O)Nc1ccccc1Br. The maximum Gasteiger partial charge on any atom is 0.322 e. The van der Waals surface area contributed by atoms with Gasteiger partial charge in [-0.05, 0) is 47.0 Å². The highest BCUT2D eigenvalue weighted by atomic mass is 79.9. The van der Waals surface area contributed by atoms with Crippen molar-refractivity contribution in [2.45, 2.75) is 39.3 Å². The van der Waals surface area contributed by atoms with E-state index in [1.54, 1.807) is 4.90 Å². The number of piperazine rings is 1. The molecule has 1 aliphatic rings. The number of carbonyl (C=O) groups is 2. The molecular weight excluding hydrogens is 468 g/mol. The first-order valence-corrected chi connectivity index (χ1v) is 12.1. The molecule has 2 aromatic rings. The summed E-state index contributed by atoms with van der Waals surface area (Å²) in [5.41, 5.74) is 2.03. The van der Waals surface area contributed by atoms with E-state index >= 15 is 0 Å². The van der Waals surface area contributed by atoms with Crippen LogP contribution in [-0.4, -0.2) is 65.4 Å². The Morgan fingerprint density at radius 3 is 2.34 bits per heavy atom. The zero-order valence-corrected chi connectivity index (χ0v) is 20.6. The molecule has 1 N–H and O–H groups in total. The average Bonchev–Trinajstić information content (AvgIpc) is 2.81. The van der Waals surface area contributed by atoms with Gasteiger partial charge in [0, 0.05) is 56.2 Å². The van der Waals surface area contributed by atoms with E-state index in [1.165, 1.54) is 5.56 Å². The van der Waals surface area contributed by atoms with Crippen LogP contribution in [0.15, 0.2) is 59.1 Å². The van der Waals surface area contributed by atoms with Gasteiger partial charge in [0.25, 0.3) is 0 Å². The number of carbonyl (C=O) groups excluding carboxylic acids is 2. The average molecular weight is 501 g/mol. The molecule has 3 rings (SSSR count). The van der Waals surface area contributed by atoms with Crippen LogP contribution in [-0.2, 0) is 11.3 Å². The first-order chi connectivity index (χ1) is 15.5. The number of nitrogens with zero attached hydrogens (tertiary/aromatic N) is 3. The number of hydrogen-bond acceptors (Lipinski definition) is 3. The highest BCUT2D eigenvalue weighted by molar-refractivity contribution is 9.10. The molecule has 32 heavy (non-hydrogen) atoms. The van der Waals surface area contributed by atoms with Crippen molar-refractivity contribution in [3.8, 4) is 0 Å². The number of halogens is 1. The fraction of sp³-hybridized carbons (Fsp3) is 0.440. The number of para-hydroxylation sites is 1. The Balaban J connectivity index is 1.49. The molecule has 0 aliphatic carbocycles. The van der Waals surface area contributed by atoms with Crippen molar-refractivity contribution in [3.63, 3.8) is 0 Å². The van der Waals surface area contributed by atoms with Crippen LogP contribution in [0.4, 0.5) is 10.5 Å². The Bertz CT molecular complexity index is 885. The van der Waals surface area contributed by atoms with Crippen molar-refractivity contribution in [2.75, 3.05) is 38.0 Å². The van der Waals surface area contributed by atoms with Crippen molar-refractivity contribution < 1.29 is 9.59 Å². The smallest absolute Gasteiger partial charge is 0.322 e. The van der Waals surface area contributed by atoms with E-state index in [9.17, 15) is 9.59 Å². The largest absolute Gasteiger partial charge is 0.340 e. The lowest BCUT2D eigenvalue weighted by atomic mass is 10.2. The highest BCUT2D eigenvalue weighted by Crippen LogP contribution is 2.22. The second-order valence-electron chi connectivity index (χ2n) is 8.25. The summed E-state index contributed by atoms with van der Waals surface area (Å²) in [6.07, 6.45) is 1.17. The Hall–Kier alpha value is -2.38. The molecule has 1 unspecified atom stereocenters. The van der Waals surface area contributed by atoms with Crippen LogP contribution in [0.2, 0.25) is 0 Å². The molecule has 1 atom stereocenters. The number of benzene rings is 2. The number of amides is 3. The fourth-order valence-corrected chi connectivity index (χ4v) is 4.25. The van der Waals surface area contributed by atoms with Crippen molar-refractivity contribution >= 4 is 33.6 Å². The lowest BCUT2D eigenvalue weighted by molar-refractivity contribution is -0.133. The quantitative estimate of drug-likeness (QED) is 0.565. The maximum absolute atomic E-state index is 12.9. The second kappa shape index (κ2) is 12.0. The molecule has 172 valence electrons. The van der Waals surface area contributed by atoms with Gasteiger partial charge in [0.15, 0.2) is 0 Å². The number of nitrogens with one attached hydrogen (secondary N) is 1. The van der Waals surface area contributed by atoms with Crippen LogP contribution in [0.1, 0.15) is 32.3 Å². The summed E-state index contributed by atoms with van der Waals surface area (Å²) >= 11 is 3.47. The van der Waals surface area contributed by atoms with Crippen LogP contribution in [0.3, 0.4) is 0 Å². The van der Waals surface area contributed by atoms with Crippen molar-refractivity contribution in [1.29, 1.82) is 0 Å². The van der Waals surface area contributed by atoms with Gasteiger partial charge in [-0.1, -0.05) is 49.4 Å². The van der Waals surface area contributed by atoms with Gasteiger partial charge in [-0.25, -0.2) is 4.79 Å². The van der Waals surface area contributed by atoms with E-state index in [1.807, 2.05) is 42.2 Å². The minimum Gasteiger partial charge on any atom is -0.340 e. The van der Waals surface area contributed by atoms with Crippen molar-refractivity contribution in [2.24, 2.45) is 0 Å². The van der Waals surface area contributed by atoms with Gasteiger partial charge in [-0.2, -0.15) is 0 Å². The van der Waals surface area contributed by atoms with Crippen LogP contribution >= 0.6 is 15.9 Å². The van der Waals surface area contributed by atoms with Crippen LogP contribution in [0, 0.1) is 0 Å². The molecule has 0 aromatic heterocycles. The predicted molar refractivity (Wildman–Crippen MR) is 133 cm³/mol. The van der Waals surface area contributed by atoms with Crippen LogP contribution in [0.5, 0.6) is 0 Å². The van der Waals surface area contributed by atoms with E-state index in [0.29, 0.717) is 13.0 Å². The third-order valence-corrected chi connectivity index (χ3v) is 6.73. The summed E-state index contributed by atoms with van der Waals surface area (Å²) in [5, 5.41) is 2.97. The molecular formula is C25H33BrN4O2. The maximum atomic E-state index is 12.9. The Morgan fingerprint density at radius 2 is 1.69 bits per heavy atom. The number of hydrogen-bond donors (Lipinski definition) is 1. The molecule has 1 saturated heterocycles. The third-order valence-electron chi connectivity index (χ3n) is 6.04. The highest BCUT2D eigenvalue weighted by Gasteiger charge is 2.24. The Kier molecular flexibility index (Phi) is 9.11. The van der Waals surface area contributed by atoms with Gasteiger partial charge >= 0.3 is 6.03 Å². The van der Waals surface area contributed by atoms with E-state index in [4.69, 9.17) is 0 Å². The van der Waals surface area contributed by atoms with Gasteiger partial charge in [0.05, 0.1) is 5.69 Å². The van der Waals surface area contributed by atoms with E-state index in [-0.39, 0.29) is 18.0 Å². The van der Waals surface area contributed by atoms with Gasteiger partial charge in [0.1, 0.15) is 0 Å². The molecule has 1 fully saturated rings. The standard InChI is InChI=1S/C25H33BrN4O2/c1-3-20(2)30(25(32)27-23-12-8-7-11-22(23)26)14-13-24(31)29-17-15-28(16-18-29)19-21-9-5-4-6-10-21/h4-12,20H,3,13-19H2,1-2H3,(H,27,32). The van der Waals surface area contributed by atoms with Crippen LogP contribution in [0.25, 0.3) is 0 Å². The Labute approximate surface area is 199 Å². The van der Waals surface area contributed by atoms with E-state index < -0.39 is 0 Å². The van der Waals surface area contributed by atoms with E-state index in [0.717, 1.165) is 49.3 Å². The van der Waals surface area contributed by atoms with Crippen molar-refractivity contribution in [1.82, 2.24) is 14.7 Å². The summed E-state index contributed by atoms with van der Waals surface area (Å²) in [5.74, 6) is 0.117. The second-order valence-corrected chi connectivity index (χ2v) is 9.11. The number of anilines is 1. The molecule has 0 saturated carbocycles. The molecule has 6 nitrogen and oxygen atoms in total. The first kappa shape index (κ1) is 24.3. The van der Waals surface area contributed by atoms with Gasteiger partial charge in [0.2, 0.25) is 5.91 Å². The van der Waals surface area contributed by atoms with Gasteiger partial charge in [-0.15, -0.1) is 0 Å². The zero-order valence-electron chi connectivity index (χ0n) is 19.0. The minimum absolute atomic E-state index is 0.0491. The molecule has 7 heteroatoms. The summed E-state index contributed by atoms with van der Waals surface area (Å²) in [7, 11) is 0. The normalized spacial score (nSPS) is 15.3. The van der Waals surface area contributed by atoms with Gasteiger partial charge in [-0.3, -0.25) is 9.69 Å². The first-order valence-electron chi connectivity index (χ1n) is 11.3. The Morgan fingerprint density at radius 1 is 1.03 bits per heavy atom. The zero-order chi connectivity index (χ0) is 22.9. The number of urea groups is 1. The molecule has 0 radical (unpaired) electrons.